The van der Waals surface area contributed by atoms with Crippen molar-refractivity contribution in [3.8, 4) is 0 Å². The predicted octanol–water partition coefficient (Wildman–Crippen LogP) is 0.630. The van der Waals surface area contributed by atoms with Gasteiger partial charge in [-0.25, -0.2) is 4.68 Å². The van der Waals surface area contributed by atoms with Crippen LogP contribution in [-0.4, -0.2) is 26.1 Å². The van der Waals surface area contributed by atoms with Gasteiger partial charge in [0.2, 0.25) is 0 Å². The lowest BCUT2D eigenvalue weighted by Gasteiger charge is -2.22. The second kappa shape index (κ2) is 3.16. The van der Waals surface area contributed by atoms with Gasteiger partial charge in [0.25, 0.3) is 0 Å². The minimum absolute atomic E-state index is 0.0975. The summed E-state index contributed by atoms with van der Waals surface area (Å²) in [7, 11) is 0. The Bertz CT molecular complexity index is 317. The van der Waals surface area contributed by atoms with Gasteiger partial charge in [0.15, 0.2) is 0 Å². The van der Waals surface area contributed by atoms with Gasteiger partial charge in [0.1, 0.15) is 6.54 Å². The minimum atomic E-state index is -0.884. The smallest absolute Gasteiger partial charge is 0.325 e. The molecule has 1 N–H and O–H groups in total. The Hall–Kier alpha value is -1.39. The number of hydrogen-bond donors (Lipinski definition) is 1. The fourth-order valence-electron chi connectivity index (χ4n) is 1.42. The first-order valence-corrected chi connectivity index (χ1v) is 4.37. The van der Waals surface area contributed by atoms with Crippen LogP contribution in [0.3, 0.4) is 0 Å². The summed E-state index contributed by atoms with van der Waals surface area (Å²) in [6, 6.07) is 0. The molecule has 5 heteroatoms. The molecule has 1 aromatic heterocycles. The number of aromatic nitrogens is 3. The summed E-state index contributed by atoms with van der Waals surface area (Å²) in [6.07, 6.45) is 5.30. The number of nitrogens with zero attached hydrogens (tertiary/aromatic N) is 3. The molecule has 0 amide bonds. The van der Waals surface area contributed by atoms with Crippen molar-refractivity contribution in [3.63, 3.8) is 0 Å². The fraction of sp³-hybridized carbons (Fsp3) is 0.625. The highest BCUT2D eigenvalue weighted by Crippen LogP contribution is 2.34. The van der Waals surface area contributed by atoms with E-state index in [-0.39, 0.29) is 6.54 Å². The van der Waals surface area contributed by atoms with Gasteiger partial charge in [-0.3, -0.25) is 4.79 Å². The standard InChI is InChI=1S/C8H11N3O2/c12-8(13)5-11-4-7(9-10-11)6-2-1-3-6/h4,6H,1-3,5H2,(H,12,13). The van der Waals surface area contributed by atoms with E-state index < -0.39 is 5.97 Å². The Morgan fingerprint density at radius 3 is 3.00 bits per heavy atom. The molecule has 2 rings (SSSR count). The lowest BCUT2D eigenvalue weighted by molar-refractivity contribution is -0.137. The van der Waals surface area contributed by atoms with Crippen molar-refractivity contribution in [2.24, 2.45) is 0 Å². The van der Waals surface area contributed by atoms with Crippen LogP contribution in [0.25, 0.3) is 0 Å². The highest BCUT2D eigenvalue weighted by atomic mass is 16.4. The average Bonchev–Trinajstić information content (AvgIpc) is 2.31. The summed E-state index contributed by atoms with van der Waals surface area (Å²) in [5.41, 5.74) is 0.938. The monoisotopic (exact) mass is 181 g/mol. The maximum Gasteiger partial charge on any atom is 0.325 e. The topological polar surface area (TPSA) is 68.0 Å². The van der Waals surface area contributed by atoms with E-state index in [4.69, 9.17) is 5.11 Å². The van der Waals surface area contributed by atoms with Gasteiger partial charge in [0.05, 0.1) is 5.69 Å². The van der Waals surface area contributed by atoms with E-state index in [1.807, 2.05) is 0 Å². The van der Waals surface area contributed by atoms with Gasteiger partial charge < -0.3 is 5.11 Å². The van der Waals surface area contributed by atoms with Crippen molar-refractivity contribution in [2.45, 2.75) is 31.7 Å². The fourth-order valence-corrected chi connectivity index (χ4v) is 1.42. The van der Waals surface area contributed by atoms with Crippen LogP contribution in [0, 0.1) is 0 Å². The Morgan fingerprint density at radius 1 is 1.69 bits per heavy atom. The zero-order valence-corrected chi connectivity index (χ0v) is 7.18. The summed E-state index contributed by atoms with van der Waals surface area (Å²) < 4.78 is 1.37. The molecule has 13 heavy (non-hydrogen) atoms. The van der Waals surface area contributed by atoms with Gasteiger partial charge in [-0.2, -0.15) is 0 Å². The predicted molar refractivity (Wildman–Crippen MR) is 44.2 cm³/mol. The van der Waals surface area contributed by atoms with Gasteiger partial charge in [-0.15, -0.1) is 5.10 Å². The van der Waals surface area contributed by atoms with Crippen LogP contribution >= 0.6 is 0 Å². The zero-order valence-electron chi connectivity index (χ0n) is 7.18. The summed E-state index contributed by atoms with van der Waals surface area (Å²) >= 11 is 0. The van der Waals surface area contributed by atoms with Gasteiger partial charge >= 0.3 is 5.97 Å². The SMILES string of the molecule is O=C(O)Cn1cc(C2CCC2)nn1. The molecule has 0 unspecified atom stereocenters. The molecule has 1 aliphatic rings. The van der Waals surface area contributed by atoms with E-state index in [0.717, 1.165) is 18.5 Å². The number of rotatable bonds is 3. The van der Waals surface area contributed by atoms with E-state index in [2.05, 4.69) is 10.3 Å². The largest absolute Gasteiger partial charge is 0.480 e. The molecule has 0 spiro atoms. The first kappa shape index (κ1) is 8.22. The van der Waals surface area contributed by atoms with Crippen molar-refractivity contribution in [2.75, 3.05) is 0 Å². The summed E-state index contributed by atoms with van der Waals surface area (Å²) in [4.78, 5) is 10.3. The summed E-state index contributed by atoms with van der Waals surface area (Å²) in [6.45, 7) is -0.0975. The Balaban J connectivity index is 2.04. The lowest BCUT2D eigenvalue weighted by Crippen LogP contribution is -2.10. The number of carbonyl (C=O) groups is 1. The Kier molecular flexibility index (Phi) is 2.00. The molecular formula is C8H11N3O2. The first-order valence-electron chi connectivity index (χ1n) is 4.37. The van der Waals surface area contributed by atoms with Gasteiger partial charge in [-0.05, 0) is 12.8 Å². The van der Waals surface area contributed by atoms with Crippen LogP contribution in [0.4, 0.5) is 0 Å². The number of carboxylic acids is 1. The van der Waals surface area contributed by atoms with E-state index >= 15 is 0 Å². The molecule has 0 aliphatic heterocycles. The number of aliphatic carboxylic acids is 1. The van der Waals surface area contributed by atoms with Crippen LogP contribution in [0.5, 0.6) is 0 Å². The van der Waals surface area contributed by atoms with Crippen LogP contribution in [0.15, 0.2) is 6.20 Å². The molecule has 0 aromatic carbocycles. The maximum atomic E-state index is 10.3. The first-order chi connectivity index (χ1) is 6.25. The molecule has 0 atom stereocenters. The van der Waals surface area contributed by atoms with E-state index in [1.54, 1.807) is 6.20 Å². The molecule has 70 valence electrons. The van der Waals surface area contributed by atoms with Crippen molar-refractivity contribution >= 4 is 5.97 Å². The molecule has 0 saturated heterocycles. The number of carboxylic acid groups (broad SMARTS) is 1. The molecular weight excluding hydrogens is 170 g/mol. The van der Waals surface area contributed by atoms with Gasteiger partial charge in [-0.1, -0.05) is 11.6 Å². The van der Waals surface area contributed by atoms with Gasteiger partial charge in [0, 0.05) is 12.1 Å². The maximum absolute atomic E-state index is 10.3. The second-order valence-electron chi connectivity index (χ2n) is 3.36. The van der Waals surface area contributed by atoms with Crippen LogP contribution in [0.2, 0.25) is 0 Å². The second-order valence-corrected chi connectivity index (χ2v) is 3.36. The number of hydrogen-bond acceptors (Lipinski definition) is 3. The van der Waals surface area contributed by atoms with Crippen LogP contribution in [0.1, 0.15) is 30.9 Å². The average molecular weight is 181 g/mol. The van der Waals surface area contributed by atoms with E-state index in [9.17, 15) is 4.79 Å². The lowest BCUT2D eigenvalue weighted by atomic mass is 9.83. The summed E-state index contributed by atoms with van der Waals surface area (Å²) in [5, 5.41) is 16.2. The van der Waals surface area contributed by atoms with Crippen LogP contribution in [-0.2, 0) is 11.3 Å². The minimum Gasteiger partial charge on any atom is -0.480 e. The zero-order chi connectivity index (χ0) is 9.26. The molecule has 0 radical (unpaired) electrons. The highest BCUT2D eigenvalue weighted by Gasteiger charge is 2.22. The van der Waals surface area contributed by atoms with E-state index in [0.29, 0.717) is 5.92 Å². The molecule has 1 fully saturated rings. The molecule has 5 nitrogen and oxygen atoms in total. The quantitative estimate of drug-likeness (QED) is 0.742. The summed E-state index contributed by atoms with van der Waals surface area (Å²) in [5.74, 6) is -0.368. The normalized spacial score (nSPS) is 16.9. The van der Waals surface area contributed by atoms with Crippen molar-refractivity contribution in [1.29, 1.82) is 0 Å². The van der Waals surface area contributed by atoms with E-state index in [1.165, 1.54) is 11.1 Å². The molecule has 1 aromatic rings. The molecule has 1 heterocycles. The third-order valence-corrected chi connectivity index (χ3v) is 2.38. The Morgan fingerprint density at radius 2 is 2.46 bits per heavy atom. The molecule has 1 aliphatic carbocycles. The third-order valence-electron chi connectivity index (χ3n) is 2.38. The molecule has 0 bridgehead atoms. The van der Waals surface area contributed by atoms with Crippen molar-refractivity contribution < 1.29 is 9.90 Å². The third kappa shape index (κ3) is 1.68. The molecule has 1 saturated carbocycles. The Labute approximate surface area is 75.4 Å². The van der Waals surface area contributed by atoms with Crippen LogP contribution < -0.4 is 0 Å². The van der Waals surface area contributed by atoms with Crippen molar-refractivity contribution in [1.82, 2.24) is 15.0 Å². The van der Waals surface area contributed by atoms with Crippen molar-refractivity contribution in [3.05, 3.63) is 11.9 Å². The highest BCUT2D eigenvalue weighted by molar-refractivity contribution is 5.66.